The van der Waals surface area contributed by atoms with Crippen LogP contribution in [0.5, 0.6) is 0 Å². The minimum atomic E-state index is 0.340. The zero-order valence-corrected chi connectivity index (χ0v) is 9.72. The Morgan fingerprint density at radius 2 is 1.71 bits per heavy atom. The molecule has 0 radical (unpaired) electrons. The van der Waals surface area contributed by atoms with Gasteiger partial charge in [-0.1, -0.05) is 51.7 Å². The first-order chi connectivity index (χ1) is 6.81. The van der Waals surface area contributed by atoms with Gasteiger partial charge in [-0.3, -0.25) is 4.79 Å². The molecule has 0 saturated heterocycles. The Kier molecular flexibility index (Phi) is 10.0. The second-order valence-corrected chi connectivity index (χ2v) is 3.77. The van der Waals surface area contributed by atoms with E-state index in [1.165, 1.54) is 32.1 Å². The van der Waals surface area contributed by atoms with Gasteiger partial charge >= 0.3 is 0 Å². The van der Waals surface area contributed by atoms with E-state index >= 15 is 0 Å². The highest BCUT2D eigenvalue weighted by molar-refractivity contribution is 5.79. The molecule has 0 bridgehead atoms. The van der Waals surface area contributed by atoms with Crippen molar-refractivity contribution in [1.29, 1.82) is 0 Å². The first kappa shape index (κ1) is 13.4. The zero-order valence-electron chi connectivity index (χ0n) is 9.72. The third kappa shape index (κ3) is 9.50. The Hall–Kier alpha value is -0.590. The van der Waals surface area contributed by atoms with E-state index in [2.05, 4.69) is 13.0 Å². The predicted octanol–water partition coefficient (Wildman–Crippen LogP) is 4.27. The van der Waals surface area contributed by atoms with Gasteiger partial charge in [-0.05, 0) is 12.8 Å². The number of carbonyl (C=O) groups excluding carboxylic acids is 1. The normalized spacial score (nSPS) is 11.0. The largest absolute Gasteiger partial charge is 0.299 e. The number of unbranched alkanes of at least 4 members (excludes halogenated alkanes) is 5. The lowest BCUT2D eigenvalue weighted by molar-refractivity contribution is -0.117. The number of ketones is 1. The highest BCUT2D eigenvalue weighted by Gasteiger charge is 1.91. The molecular weight excluding hydrogens is 172 g/mol. The van der Waals surface area contributed by atoms with Crippen molar-refractivity contribution in [3.05, 3.63) is 12.2 Å². The lowest BCUT2D eigenvalue weighted by Gasteiger charge is -1.95. The van der Waals surface area contributed by atoms with Gasteiger partial charge in [0.15, 0.2) is 0 Å². The first-order valence-corrected chi connectivity index (χ1v) is 5.98. The second-order valence-electron chi connectivity index (χ2n) is 3.77. The van der Waals surface area contributed by atoms with Gasteiger partial charge in [0, 0.05) is 12.8 Å². The topological polar surface area (TPSA) is 17.1 Å². The van der Waals surface area contributed by atoms with Crippen LogP contribution < -0.4 is 0 Å². The fourth-order valence-corrected chi connectivity index (χ4v) is 1.34. The van der Waals surface area contributed by atoms with E-state index < -0.39 is 0 Å². The van der Waals surface area contributed by atoms with Crippen LogP contribution in [-0.2, 0) is 4.79 Å². The highest BCUT2D eigenvalue weighted by atomic mass is 16.1. The van der Waals surface area contributed by atoms with E-state index in [-0.39, 0.29) is 0 Å². The van der Waals surface area contributed by atoms with Crippen LogP contribution in [0.25, 0.3) is 0 Å². The Labute approximate surface area is 88.6 Å². The predicted molar refractivity (Wildman–Crippen MR) is 62.4 cm³/mol. The van der Waals surface area contributed by atoms with E-state index in [4.69, 9.17) is 0 Å². The summed E-state index contributed by atoms with van der Waals surface area (Å²) in [5.74, 6) is 0.340. The maximum absolute atomic E-state index is 10.9. The summed E-state index contributed by atoms with van der Waals surface area (Å²) in [7, 11) is 0. The minimum absolute atomic E-state index is 0.340. The van der Waals surface area contributed by atoms with Gasteiger partial charge in [0.05, 0.1) is 0 Å². The van der Waals surface area contributed by atoms with Gasteiger partial charge in [0.1, 0.15) is 5.78 Å². The molecule has 0 fully saturated rings. The lowest BCUT2D eigenvalue weighted by Crippen LogP contribution is -1.90. The summed E-state index contributed by atoms with van der Waals surface area (Å²) in [6.07, 6.45) is 13.2. The number of carbonyl (C=O) groups is 1. The monoisotopic (exact) mass is 196 g/mol. The van der Waals surface area contributed by atoms with Gasteiger partial charge < -0.3 is 0 Å². The molecule has 0 unspecified atom stereocenters. The van der Waals surface area contributed by atoms with Crippen LogP contribution >= 0.6 is 0 Å². The molecule has 0 aromatic carbocycles. The van der Waals surface area contributed by atoms with Crippen LogP contribution in [0, 0.1) is 0 Å². The van der Waals surface area contributed by atoms with Crippen molar-refractivity contribution < 1.29 is 4.79 Å². The highest BCUT2D eigenvalue weighted by Crippen LogP contribution is 2.05. The van der Waals surface area contributed by atoms with Crippen molar-refractivity contribution in [2.75, 3.05) is 0 Å². The molecule has 0 saturated carbocycles. The summed E-state index contributed by atoms with van der Waals surface area (Å²) >= 11 is 0. The average Bonchev–Trinajstić information content (AvgIpc) is 2.21. The molecule has 14 heavy (non-hydrogen) atoms. The van der Waals surface area contributed by atoms with E-state index in [1.54, 1.807) is 0 Å². The van der Waals surface area contributed by atoms with Gasteiger partial charge in [-0.2, -0.15) is 0 Å². The number of allylic oxidation sites excluding steroid dienone is 2. The molecule has 0 amide bonds. The molecule has 0 spiro atoms. The van der Waals surface area contributed by atoms with Crippen LogP contribution in [-0.4, -0.2) is 5.78 Å². The van der Waals surface area contributed by atoms with E-state index in [9.17, 15) is 4.79 Å². The number of Topliss-reactive ketones (excluding diaryl/α,β-unsaturated/α-hetero) is 1. The van der Waals surface area contributed by atoms with Gasteiger partial charge in [-0.25, -0.2) is 0 Å². The number of rotatable bonds is 9. The third-order valence-corrected chi connectivity index (χ3v) is 2.38. The maximum atomic E-state index is 10.9. The van der Waals surface area contributed by atoms with Gasteiger partial charge in [-0.15, -0.1) is 0 Å². The summed E-state index contributed by atoms with van der Waals surface area (Å²) in [6, 6.07) is 0. The minimum Gasteiger partial charge on any atom is -0.299 e. The molecule has 0 aliphatic heterocycles. The fourth-order valence-electron chi connectivity index (χ4n) is 1.34. The summed E-state index contributed by atoms with van der Waals surface area (Å²) in [6.45, 7) is 4.15. The SMILES string of the molecule is CCCCCCCC=CCC(=O)CC. The molecule has 82 valence electrons. The van der Waals surface area contributed by atoms with Crippen LogP contribution in [0.4, 0.5) is 0 Å². The van der Waals surface area contributed by atoms with Crippen molar-refractivity contribution in [1.82, 2.24) is 0 Å². The second kappa shape index (κ2) is 10.5. The van der Waals surface area contributed by atoms with Crippen LogP contribution in [0.15, 0.2) is 12.2 Å². The van der Waals surface area contributed by atoms with Crippen molar-refractivity contribution in [2.24, 2.45) is 0 Å². The van der Waals surface area contributed by atoms with Gasteiger partial charge in [0.2, 0.25) is 0 Å². The Morgan fingerprint density at radius 1 is 1.00 bits per heavy atom. The van der Waals surface area contributed by atoms with Gasteiger partial charge in [0.25, 0.3) is 0 Å². The molecule has 1 nitrogen and oxygen atoms in total. The van der Waals surface area contributed by atoms with Crippen LogP contribution in [0.3, 0.4) is 0 Å². The summed E-state index contributed by atoms with van der Waals surface area (Å²) in [5, 5.41) is 0. The average molecular weight is 196 g/mol. The molecule has 0 aromatic heterocycles. The Morgan fingerprint density at radius 3 is 2.36 bits per heavy atom. The van der Waals surface area contributed by atoms with Crippen molar-refractivity contribution >= 4 is 5.78 Å². The quantitative estimate of drug-likeness (QED) is 0.397. The zero-order chi connectivity index (χ0) is 10.6. The van der Waals surface area contributed by atoms with E-state index in [0.29, 0.717) is 18.6 Å². The first-order valence-electron chi connectivity index (χ1n) is 5.98. The third-order valence-electron chi connectivity index (χ3n) is 2.38. The maximum Gasteiger partial charge on any atom is 0.136 e. The lowest BCUT2D eigenvalue weighted by atomic mass is 10.1. The van der Waals surface area contributed by atoms with Crippen molar-refractivity contribution in [2.45, 2.75) is 65.2 Å². The number of hydrogen-bond acceptors (Lipinski definition) is 1. The van der Waals surface area contributed by atoms with Crippen LogP contribution in [0.2, 0.25) is 0 Å². The smallest absolute Gasteiger partial charge is 0.136 e. The molecule has 0 rings (SSSR count). The molecule has 0 aliphatic rings. The fraction of sp³-hybridized carbons (Fsp3) is 0.769. The molecule has 1 heteroatoms. The molecule has 0 atom stereocenters. The summed E-state index contributed by atoms with van der Waals surface area (Å²) < 4.78 is 0. The molecule has 0 N–H and O–H groups in total. The van der Waals surface area contributed by atoms with Crippen LogP contribution in [0.1, 0.15) is 65.2 Å². The van der Waals surface area contributed by atoms with Crippen molar-refractivity contribution in [3.8, 4) is 0 Å². The number of hydrogen-bond donors (Lipinski definition) is 0. The Bertz CT molecular complexity index is 159. The summed E-state index contributed by atoms with van der Waals surface area (Å²) in [4.78, 5) is 10.9. The summed E-state index contributed by atoms with van der Waals surface area (Å²) in [5.41, 5.74) is 0. The molecule has 0 aliphatic carbocycles. The van der Waals surface area contributed by atoms with E-state index in [1.807, 2.05) is 13.0 Å². The molecule has 0 aromatic rings. The van der Waals surface area contributed by atoms with Crippen molar-refractivity contribution in [3.63, 3.8) is 0 Å². The van der Waals surface area contributed by atoms with E-state index in [0.717, 1.165) is 6.42 Å². The molecular formula is C13H24O. The molecule has 0 heterocycles. The standard InChI is InChI=1S/C13H24O/c1-3-5-6-7-8-9-10-11-12-13(14)4-2/h10-11H,3-9,12H2,1-2H3. The Balaban J connectivity index is 3.15.